The van der Waals surface area contributed by atoms with Crippen LogP contribution < -0.4 is 10.4 Å². The second-order valence-electron chi connectivity index (χ2n) is 3.23. The Bertz CT molecular complexity index is 459. The molecule has 16 heavy (non-hydrogen) atoms. The predicted molar refractivity (Wildman–Crippen MR) is 51.6 cm³/mol. The number of nitrogens with zero attached hydrogens (tertiary/aromatic N) is 3. The Labute approximate surface area is 89.2 Å². The molecule has 0 aliphatic rings. The Balaban J connectivity index is 3.43. The molecule has 1 rings (SSSR count). The molecule has 0 radical (unpaired) electrons. The zero-order chi connectivity index (χ0) is 12.5. The number of nitrogens with one attached hydrogen (secondary N) is 2. The molecule has 1 aromatic heterocycles. The molecule has 0 amide bonds. The SMILES string of the molecule is CN(C)c1cncc(=N)n1C(=N)C(F)(F)F. The fraction of sp³-hybridized carbons (Fsp3) is 0.375. The zero-order valence-corrected chi connectivity index (χ0v) is 8.63. The van der Waals surface area contributed by atoms with E-state index in [1.165, 1.54) is 25.2 Å². The highest BCUT2D eigenvalue weighted by molar-refractivity contribution is 5.89. The summed E-state index contributed by atoms with van der Waals surface area (Å²) in [7, 11) is 3.02. The van der Waals surface area contributed by atoms with Gasteiger partial charge in [-0.1, -0.05) is 0 Å². The molecule has 0 bridgehead atoms. The molecule has 0 aliphatic heterocycles. The number of hydrogen-bond donors (Lipinski definition) is 2. The van der Waals surface area contributed by atoms with Crippen molar-refractivity contribution in [3.05, 3.63) is 17.9 Å². The third-order valence-corrected chi connectivity index (χ3v) is 1.81. The van der Waals surface area contributed by atoms with Crippen LogP contribution >= 0.6 is 0 Å². The predicted octanol–water partition coefficient (Wildman–Crippen LogP) is 0.816. The first kappa shape index (κ1) is 12.2. The number of alkyl halides is 3. The average Bonchev–Trinajstić information content (AvgIpc) is 2.14. The second kappa shape index (κ2) is 3.95. The number of hydrogen-bond acceptors (Lipinski definition) is 4. The fourth-order valence-electron chi connectivity index (χ4n) is 1.09. The summed E-state index contributed by atoms with van der Waals surface area (Å²) in [6.07, 6.45) is -2.68. The van der Waals surface area contributed by atoms with Crippen molar-refractivity contribution in [3.8, 4) is 0 Å². The Kier molecular flexibility index (Phi) is 3.02. The molecule has 0 fully saturated rings. The molecule has 0 atom stereocenters. The van der Waals surface area contributed by atoms with Gasteiger partial charge in [0.25, 0.3) is 0 Å². The largest absolute Gasteiger partial charge is 0.449 e. The molecule has 0 saturated heterocycles. The standard InChI is InChI=1S/C8H10F3N5/c1-15(2)6-4-14-3-5(12)16(6)7(13)8(9,10)11/h3-4,12-13H,1-2H3. The summed E-state index contributed by atoms with van der Waals surface area (Å²) < 4.78 is 37.7. The van der Waals surface area contributed by atoms with Crippen molar-refractivity contribution in [1.29, 1.82) is 10.8 Å². The van der Waals surface area contributed by atoms with Crippen LogP contribution in [0.15, 0.2) is 12.4 Å². The molecule has 0 saturated carbocycles. The lowest BCUT2D eigenvalue weighted by molar-refractivity contribution is -0.0625. The van der Waals surface area contributed by atoms with Gasteiger partial charge >= 0.3 is 6.18 Å². The van der Waals surface area contributed by atoms with Gasteiger partial charge in [-0.15, -0.1) is 0 Å². The van der Waals surface area contributed by atoms with E-state index in [-0.39, 0.29) is 5.82 Å². The van der Waals surface area contributed by atoms with E-state index in [0.29, 0.717) is 4.57 Å². The summed E-state index contributed by atoms with van der Waals surface area (Å²) in [4.78, 5) is 4.97. The van der Waals surface area contributed by atoms with Crippen molar-refractivity contribution in [2.24, 2.45) is 0 Å². The number of aromatic nitrogens is 2. The van der Waals surface area contributed by atoms with Crippen LogP contribution in [-0.2, 0) is 0 Å². The minimum Gasteiger partial charge on any atom is -0.362 e. The maximum absolute atomic E-state index is 12.4. The lowest BCUT2D eigenvalue weighted by Crippen LogP contribution is -2.39. The molecule has 1 aromatic rings. The Hall–Kier alpha value is -1.86. The van der Waals surface area contributed by atoms with Crippen LogP contribution in [0.4, 0.5) is 19.0 Å². The van der Waals surface area contributed by atoms with Crippen LogP contribution in [0.25, 0.3) is 0 Å². The highest BCUT2D eigenvalue weighted by Crippen LogP contribution is 2.19. The third-order valence-electron chi connectivity index (χ3n) is 1.81. The summed E-state index contributed by atoms with van der Waals surface area (Å²) in [6.45, 7) is 0. The highest BCUT2D eigenvalue weighted by Gasteiger charge is 2.37. The Morgan fingerprint density at radius 3 is 2.38 bits per heavy atom. The normalized spacial score (nSPS) is 11.3. The van der Waals surface area contributed by atoms with Crippen LogP contribution in [0.5, 0.6) is 0 Å². The molecular formula is C8H10F3N5. The Morgan fingerprint density at radius 2 is 1.94 bits per heavy atom. The zero-order valence-electron chi connectivity index (χ0n) is 8.63. The molecule has 2 N–H and O–H groups in total. The topological polar surface area (TPSA) is 68.8 Å². The molecule has 0 aliphatic carbocycles. The Morgan fingerprint density at radius 1 is 1.38 bits per heavy atom. The number of anilines is 1. The molecular weight excluding hydrogens is 223 g/mol. The minimum absolute atomic E-state index is 0.0230. The van der Waals surface area contributed by atoms with Gasteiger partial charge in [-0.25, -0.2) is 0 Å². The van der Waals surface area contributed by atoms with Gasteiger partial charge in [0.2, 0.25) is 5.84 Å². The maximum atomic E-state index is 12.4. The molecule has 0 aromatic carbocycles. The van der Waals surface area contributed by atoms with Gasteiger partial charge in [0.1, 0.15) is 5.82 Å². The summed E-state index contributed by atoms with van der Waals surface area (Å²) >= 11 is 0. The molecule has 5 nitrogen and oxygen atoms in total. The maximum Gasteiger partial charge on any atom is 0.449 e. The van der Waals surface area contributed by atoms with Crippen LogP contribution in [0.1, 0.15) is 0 Å². The van der Waals surface area contributed by atoms with Crippen molar-refractivity contribution >= 4 is 11.7 Å². The van der Waals surface area contributed by atoms with Crippen molar-refractivity contribution in [2.45, 2.75) is 6.18 Å². The number of halogens is 3. The van der Waals surface area contributed by atoms with Crippen LogP contribution in [0, 0.1) is 10.8 Å². The first-order chi connectivity index (χ1) is 7.25. The van der Waals surface area contributed by atoms with E-state index in [1.807, 2.05) is 0 Å². The lowest BCUT2D eigenvalue weighted by Gasteiger charge is -2.20. The van der Waals surface area contributed by atoms with E-state index in [2.05, 4.69) is 4.98 Å². The van der Waals surface area contributed by atoms with Crippen molar-refractivity contribution in [1.82, 2.24) is 9.55 Å². The molecule has 1 heterocycles. The summed E-state index contributed by atoms with van der Waals surface area (Å²) in [5.41, 5.74) is -0.492. The minimum atomic E-state index is -4.80. The van der Waals surface area contributed by atoms with Crippen molar-refractivity contribution in [2.75, 3.05) is 19.0 Å². The van der Waals surface area contributed by atoms with Crippen LogP contribution in [-0.4, -0.2) is 35.7 Å². The first-order valence-corrected chi connectivity index (χ1v) is 4.20. The molecule has 0 unspecified atom stereocenters. The second-order valence-corrected chi connectivity index (χ2v) is 3.23. The monoisotopic (exact) mass is 233 g/mol. The highest BCUT2D eigenvalue weighted by atomic mass is 19.4. The first-order valence-electron chi connectivity index (χ1n) is 4.20. The van der Waals surface area contributed by atoms with Gasteiger partial charge in [0, 0.05) is 14.1 Å². The molecule has 0 spiro atoms. The van der Waals surface area contributed by atoms with Crippen LogP contribution in [0.3, 0.4) is 0 Å². The molecule has 88 valence electrons. The van der Waals surface area contributed by atoms with E-state index in [4.69, 9.17) is 10.8 Å². The van der Waals surface area contributed by atoms with Crippen molar-refractivity contribution < 1.29 is 13.2 Å². The van der Waals surface area contributed by atoms with Gasteiger partial charge in [0.15, 0.2) is 5.49 Å². The van der Waals surface area contributed by atoms with E-state index in [9.17, 15) is 13.2 Å². The van der Waals surface area contributed by atoms with Crippen molar-refractivity contribution in [3.63, 3.8) is 0 Å². The van der Waals surface area contributed by atoms with Gasteiger partial charge in [-0.05, 0) is 0 Å². The number of rotatable bonds is 1. The molecule has 8 heteroatoms. The fourth-order valence-corrected chi connectivity index (χ4v) is 1.09. The lowest BCUT2D eigenvalue weighted by atomic mass is 10.4. The average molecular weight is 233 g/mol. The van der Waals surface area contributed by atoms with Gasteiger partial charge in [-0.2, -0.15) is 13.2 Å². The van der Waals surface area contributed by atoms with Gasteiger partial charge in [0.05, 0.1) is 12.4 Å². The van der Waals surface area contributed by atoms with Crippen LogP contribution in [0.2, 0.25) is 0 Å². The quantitative estimate of drug-likeness (QED) is 0.557. The summed E-state index contributed by atoms with van der Waals surface area (Å²) in [5, 5.41) is 14.4. The van der Waals surface area contributed by atoms with Gasteiger partial charge in [-0.3, -0.25) is 20.4 Å². The van der Waals surface area contributed by atoms with E-state index >= 15 is 0 Å². The van der Waals surface area contributed by atoms with E-state index in [1.54, 1.807) is 0 Å². The van der Waals surface area contributed by atoms with E-state index < -0.39 is 17.5 Å². The van der Waals surface area contributed by atoms with Gasteiger partial charge < -0.3 is 4.90 Å². The summed E-state index contributed by atoms with van der Waals surface area (Å²) in [5.74, 6) is -1.58. The third kappa shape index (κ3) is 2.20. The summed E-state index contributed by atoms with van der Waals surface area (Å²) in [6, 6.07) is 0. The smallest absolute Gasteiger partial charge is 0.362 e. The van der Waals surface area contributed by atoms with E-state index in [0.717, 1.165) is 6.20 Å².